The van der Waals surface area contributed by atoms with E-state index in [-0.39, 0.29) is 6.61 Å². The molecule has 0 radical (unpaired) electrons. The standard InChI is InChI=1S/C12H13N5O2/c1-16-11-9(6-13-16)8(7-19)5-10-12(11)17(15-14-10)3-2-4-18/h5-7,18H,2-4H2,1H3. The van der Waals surface area contributed by atoms with Crippen molar-refractivity contribution in [2.75, 3.05) is 6.61 Å². The number of hydrogen-bond donors (Lipinski definition) is 1. The first-order valence-electron chi connectivity index (χ1n) is 6.00. The average molecular weight is 259 g/mol. The number of rotatable bonds is 4. The van der Waals surface area contributed by atoms with E-state index >= 15 is 0 Å². The molecule has 0 aliphatic rings. The van der Waals surface area contributed by atoms with E-state index in [1.54, 1.807) is 21.6 Å². The van der Waals surface area contributed by atoms with Crippen LogP contribution in [0.3, 0.4) is 0 Å². The summed E-state index contributed by atoms with van der Waals surface area (Å²) in [6.07, 6.45) is 3.07. The van der Waals surface area contributed by atoms with Crippen LogP contribution in [0.5, 0.6) is 0 Å². The molecule has 0 saturated carbocycles. The largest absolute Gasteiger partial charge is 0.396 e. The Morgan fingerprint density at radius 3 is 3.00 bits per heavy atom. The third-order valence-electron chi connectivity index (χ3n) is 3.18. The van der Waals surface area contributed by atoms with Crippen LogP contribution in [0.4, 0.5) is 0 Å². The van der Waals surface area contributed by atoms with Gasteiger partial charge in [-0.2, -0.15) is 5.10 Å². The number of nitrogens with zero attached hydrogens (tertiary/aromatic N) is 5. The van der Waals surface area contributed by atoms with Gasteiger partial charge in [0.2, 0.25) is 0 Å². The summed E-state index contributed by atoms with van der Waals surface area (Å²) in [5.41, 5.74) is 2.90. The Morgan fingerprint density at radius 2 is 2.26 bits per heavy atom. The molecule has 19 heavy (non-hydrogen) atoms. The first kappa shape index (κ1) is 11.8. The van der Waals surface area contributed by atoms with E-state index in [2.05, 4.69) is 15.4 Å². The van der Waals surface area contributed by atoms with Crippen molar-refractivity contribution >= 4 is 28.2 Å². The Labute approximate surface area is 108 Å². The number of fused-ring (bicyclic) bond motifs is 3. The van der Waals surface area contributed by atoms with Crippen LogP contribution in [-0.4, -0.2) is 42.8 Å². The van der Waals surface area contributed by atoms with E-state index in [1.165, 1.54) is 0 Å². The molecule has 1 aromatic carbocycles. The Hall–Kier alpha value is -2.28. The highest BCUT2D eigenvalue weighted by molar-refractivity contribution is 6.09. The Balaban J connectivity index is 2.36. The molecule has 0 spiro atoms. The molecule has 0 amide bonds. The van der Waals surface area contributed by atoms with Crippen LogP contribution in [0.15, 0.2) is 12.3 Å². The molecule has 2 aromatic heterocycles. The highest BCUT2D eigenvalue weighted by Crippen LogP contribution is 2.26. The van der Waals surface area contributed by atoms with Gasteiger partial charge in [0.25, 0.3) is 0 Å². The van der Waals surface area contributed by atoms with E-state index in [4.69, 9.17) is 5.11 Å². The fourth-order valence-electron chi connectivity index (χ4n) is 2.30. The van der Waals surface area contributed by atoms with Crippen LogP contribution < -0.4 is 0 Å². The molecule has 2 heterocycles. The predicted molar refractivity (Wildman–Crippen MR) is 68.9 cm³/mol. The SMILES string of the molecule is Cn1ncc2c(C=O)cc3nnn(CCCO)c3c21. The number of benzene rings is 1. The summed E-state index contributed by atoms with van der Waals surface area (Å²) in [7, 11) is 1.82. The van der Waals surface area contributed by atoms with E-state index < -0.39 is 0 Å². The van der Waals surface area contributed by atoms with Crippen molar-refractivity contribution in [2.45, 2.75) is 13.0 Å². The molecule has 3 aromatic rings. The second kappa shape index (κ2) is 4.43. The van der Waals surface area contributed by atoms with Crippen LogP contribution in [0.2, 0.25) is 0 Å². The zero-order valence-corrected chi connectivity index (χ0v) is 10.4. The van der Waals surface area contributed by atoms with Gasteiger partial charge in [-0.3, -0.25) is 9.48 Å². The molecule has 0 unspecified atom stereocenters. The van der Waals surface area contributed by atoms with Gasteiger partial charge < -0.3 is 5.11 Å². The van der Waals surface area contributed by atoms with E-state index in [1.807, 2.05) is 7.05 Å². The molecular weight excluding hydrogens is 246 g/mol. The quantitative estimate of drug-likeness (QED) is 0.690. The number of carbonyl (C=O) groups excluding carboxylic acids is 1. The lowest BCUT2D eigenvalue weighted by Crippen LogP contribution is -2.03. The van der Waals surface area contributed by atoms with Crippen molar-refractivity contribution in [3.05, 3.63) is 17.8 Å². The van der Waals surface area contributed by atoms with Gasteiger partial charge in [0.1, 0.15) is 11.0 Å². The van der Waals surface area contributed by atoms with Crippen LogP contribution in [0.25, 0.3) is 21.9 Å². The molecule has 0 atom stereocenters. The minimum absolute atomic E-state index is 0.0995. The van der Waals surface area contributed by atoms with Gasteiger partial charge in [0, 0.05) is 31.1 Å². The van der Waals surface area contributed by atoms with Crippen LogP contribution in [-0.2, 0) is 13.6 Å². The van der Waals surface area contributed by atoms with Crippen molar-refractivity contribution in [1.82, 2.24) is 24.8 Å². The lowest BCUT2D eigenvalue weighted by atomic mass is 10.1. The van der Waals surface area contributed by atoms with Gasteiger partial charge in [-0.25, -0.2) is 4.68 Å². The monoisotopic (exact) mass is 259 g/mol. The number of carbonyl (C=O) groups is 1. The van der Waals surface area contributed by atoms with Gasteiger partial charge in [0.15, 0.2) is 6.29 Å². The Bertz CT molecular complexity index is 758. The summed E-state index contributed by atoms with van der Waals surface area (Å²) >= 11 is 0. The second-order valence-corrected chi connectivity index (χ2v) is 4.37. The minimum atomic E-state index is 0.0995. The second-order valence-electron chi connectivity index (χ2n) is 4.37. The lowest BCUT2D eigenvalue weighted by Gasteiger charge is -2.04. The maximum atomic E-state index is 11.1. The molecule has 1 N–H and O–H groups in total. The molecule has 0 saturated heterocycles. The third-order valence-corrected chi connectivity index (χ3v) is 3.18. The molecule has 7 heteroatoms. The first-order chi connectivity index (χ1) is 9.26. The van der Waals surface area contributed by atoms with E-state index in [0.29, 0.717) is 24.0 Å². The summed E-state index contributed by atoms with van der Waals surface area (Å²) < 4.78 is 3.45. The highest BCUT2D eigenvalue weighted by Gasteiger charge is 2.15. The zero-order valence-electron chi connectivity index (χ0n) is 10.4. The van der Waals surface area contributed by atoms with Crippen molar-refractivity contribution in [3.8, 4) is 0 Å². The lowest BCUT2D eigenvalue weighted by molar-refractivity contribution is 0.112. The van der Waals surface area contributed by atoms with Gasteiger partial charge in [-0.15, -0.1) is 5.10 Å². The maximum Gasteiger partial charge on any atom is 0.150 e. The molecule has 98 valence electrons. The van der Waals surface area contributed by atoms with E-state index in [9.17, 15) is 4.79 Å². The zero-order chi connectivity index (χ0) is 13.4. The summed E-state index contributed by atoms with van der Waals surface area (Å²) in [5, 5.41) is 22.1. The van der Waals surface area contributed by atoms with Crippen LogP contribution in [0, 0.1) is 0 Å². The summed E-state index contributed by atoms with van der Waals surface area (Å²) in [5.74, 6) is 0. The van der Waals surface area contributed by atoms with Gasteiger partial charge in [-0.1, -0.05) is 5.21 Å². The van der Waals surface area contributed by atoms with Gasteiger partial charge in [0.05, 0.1) is 11.7 Å². The highest BCUT2D eigenvalue weighted by atomic mass is 16.3. The minimum Gasteiger partial charge on any atom is -0.396 e. The van der Waals surface area contributed by atoms with Crippen molar-refractivity contribution in [1.29, 1.82) is 0 Å². The fourth-order valence-corrected chi connectivity index (χ4v) is 2.30. The van der Waals surface area contributed by atoms with Crippen LogP contribution >= 0.6 is 0 Å². The predicted octanol–water partition coefficient (Wildman–Crippen LogP) is 0.513. The topological polar surface area (TPSA) is 85.8 Å². The van der Waals surface area contributed by atoms with Crippen molar-refractivity contribution < 1.29 is 9.90 Å². The van der Waals surface area contributed by atoms with Crippen molar-refractivity contribution in [2.24, 2.45) is 7.05 Å². The number of hydrogen-bond acceptors (Lipinski definition) is 5. The third kappa shape index (κ3) is 1.70. The molecule has 0 bridgehead atoms. The molecule has 3 rings (SSSR count). The number of aliphatic hydroxyl groups is 1. The number of aldehydes is 1. The summed E-state index contributed by atoms with van der Waals surface area (Å²) in [6, 6.07) is 1.72. The first-order valence-corrected chi connectivity index (χ1v) is 6.00. The number of aromatic nitrogens is 5. The van der Waals surface area contributed by atoms with Crippen LogP contribution in [0.1, 0.15) is 16.8 Å². The number of aliphatic hydroxyl groups excluding tert-OH is 1. The molecule has 0 aliphatic carbocycles. The van der Waals surface area contributed by atoms with Gasteiger partial charge in [-0.05, 0) is 12.5 Å². The van der Waals surface area contributed by atoms with Gasteiger partial charge >= 0.3 is 0 Å². The maximum absolute atomic E-state index is 11.1. The molecule has 7 nitrogen and oxygen atoms in total. The smallest absolute Gasteiger partial charge is 0.150 e. The molecule has 0 fully saturated rings. The average Bonchev–Trinajstić information content (AvgIpc) is 2.99. The Kier molecular flexibility index (Phi) is 2.75. The normalized spacial score (nSPS) is 11.5. The molecule has 0 aliphatic heterocycles. The van der Waals surface area contributed by atoms with Crippen molar-refractivity contribution in [3.63, 3.8) is 0 Å². The summed E-state index contributed by atoms with van der Waals surface area (Å²) in [4.78, 5) is 11.1. The summed E-state index contributed by atoms with van der Waals surface area (Å²) in [6.45, 7) is 0.677. The molecular formula is C12H13N5O2. The Morgan fingerprint density at radius 1 is 1.42 bits per heavy atom. The fraction of sp³-hybridized carbons (Fsp3) is 0.333. The number of aryl methyl sites for hydroxylation is 2. The van der Waals surface area contributed by atoms with E-state index in [0.717, 1.165) is 22.7 Å².